The number of thioether (sulfide) groups is 1. The molecular weight excluding hydrogens is 280 g/mol. The number of nitrogens with zero attached hydrogens (tertiary/aromatic N) is 3. The topological polar surface area (TPSA) is 59.8 Å². The van der Waals surface area contributed by atoms with Crippen LogP contribution in [0.1, 0.15) is 24.3 Å². The second kappa shape index (κ2) is 6.21. The van der Waals surface area contributed by atoms with Crippen LogP contribution in [0.4, 0.5) is 5.13 Å². The van der Waals surface area contributed by atoms with Crippen molar-refractivity contribution >= 4 is 34.0 Å². The summed E-state index contributed by atoms with van der Waals surface area (Å²) in [5, 5.41) is 12.1. The molecule has 0 saturated carbocycles. The molecule has 2 rings (SSSR count). The summed E-state index contributed by atoms with van der Waals surface area (Å²) < 4.78 is 2.64. The highest BCUT2D eigenvalue weighted by atomic mass is 32.2. The first-order valence-corrected chi connectivity index (χ1v) is 7.74. The molecule has 0 aliphatic carbocycles. The van der Waals surface area contributed by atoms with Crippen molar-refractivity contribution in [2.45, 2.75) is 24.2 Å². The van der Waals surface area contributed by atoms with E-state index in [-0.39, 0.29) is 5.78 Å². The van der Waals surface area contributed by atoms with Crippen molar-refractivity contribution in [3.63, 3.8) is 0 Å². The first kappa shape index (κ1) is 14.1. The second-order valence-corrected chi connectivity index (χ2v) is 6.59. The predicted octanol–water partition coefficient (Wildman–Crippen LogP) is 2.67. The van der Waals surface area contributed by atoms with Gasteiger partial charge in [-0.1, -0.05) is 23.1 Å². The van der Waals surface area contributed by atoms with Crippen molar-refractivity contribution in [2.75, 3.05) is 11.1 Å². The maximum atomic E-state index is 12.0. The van der Waals surface area contributed by atoms with Gasteiger partial charge >= 0.3 is 0 Å². The van der Waals surface area contributed by atoms with Crippen LogP contribution in [0.3, 0.4) is 0 Å². The van der Waals surface area contributed by atoms with Crippen molar-refractivity contribution in [1.82, 2.24) is 14.8 Å². The van der Waals surface area contributed by atoms with Gasteiger partial charge in [-0.2, -0.15) is 0 Å². The summed E-state index contributed by atoms with van der Waals surface area (Å²) in [6.45, 7) is 4.10. The third-order valence-corrected chi connectivity index (χ3v) is 4.36. The minimum atomic E-state index is 0.103. The van der Waals surface area contributed by atoms with Gasteiger partial charge in [0.2, 0.25) is 5.13 Å². The number of carbonyl (C=O) groups excluding carboxylic acids is 1. The Labute approximate surface area is 120 Å². The maximum Gasteiger partial charge on any atom is 0.206 e. The molecule has 5 nitrogen and oxygen atoms in total. The molecule has 0 aromatic carbocycles. The van der Waals surface area contributed by atoms with E-state index in [2.05, 4.69) is 15.5 Å². The van der Waals surface area contributed by atoms with Crippen LogP contribution in [0.2, 0.25) is 0 Å². The summed E-state index contributed by atoms with van der Waals surface area (Å²) in [6.07, 6.45) is 1.87. The number of Topliss-reactive ketones (excluding diaryl/α,β-unsaturated/α-hetero) is 1. The summed E-state index contributed by atoms with van der Waals surface area (Å²) in [7, 11) is 1.87. The predicted molar refractivity (Wildman–Crippen MR) is 79.1 cm³/mol. The van der Waals surface area contributed by atoms with Gasteiger partial charge in [0.1, 0.15) is 0 Å². The standard InChI is InChI=1S/C12H16N4OS2/c1-8(2)13-11-14-15-12(19-11)18-7-10(17)9-5-4-6-16(9)3/h4-6,8H,7H2,1-3H3,(H,13,14). The zero-order valence-corrected chi connectivity index (χ0v) is 12.7. The first-order chi connectivity index (χ1) is 9.06. The summed E-state index contributed by atoms with van der Waals surface area (Å²) in [4.78, 5) is 12.0. The molecule has 0 fully saturated rings. The molecule has 102 valence electrons. The molecule has 0 aliphatic heterocycles. The normalized spacial score (nSPS) is 10.9. The molecule has 7 heteroatoms. The molecule has 2 heterocycles. The molecule has 0 aliphatic rings. The molecule has 0 atom stereocenters. The Hall–Kier alpha value is -1.34. The number of anilines is 1. The van der Waals surface area contributed by atoms with Gasteiger partial charge in [0, 0.05) is 19.3 Å². The molecule has 0 bridgehead atoms. The van der Waals surface area contributed by atoms with E-state index in [1.165, 1.54) is 23.1 Å². The summed E-state index contributed by atoms with van der Waals surface area (Å²) in [5.41, 5.74) is 0.720. The van der Waals surface area contributed by atoms with Gasteiger partial charge in [0.05, 0.1) is 11.4 Å². The smallest absolute Gasteiger partial charge is 0.206 e. The molecule has 0 saturated heterocycles. The molecular formula is C12H16N4OS2. The van der Waals surface area contributed by atoms with E-state index in [0.717, 1.165) is 15.2 Å². The Morgan fingerprint density at radius 2 is 2.32 bits per heavy atom. The molecule has 2 aromatic heterocycles. The minimum Gasteiger partial charge on any atom is -0.358 e. The van der Waals surface area contributed by atoms with Crippen molar-refractivity contribution in [3.05, 3.63) is 24.0 Å². The van der Waals surface area contributed by atoms with Gasteiger partial charge in [-0.25, -0.2) is 0 Å². The van der Waals surface area contributed by atoms with E-state index in [1.807, 2.05) is 43.8 Å². The number of carbonyl (C=O) groups is 1. The van der Waals surface area contributed by atoms with Crippen LogP contribution >= 0.6 is 23.1 Å². The quantitative estimate of drug-likeness (QED) is 0.656. The van der Waals surface area contributed by atoms with E-state index >= 15 is 0 Å². The fourth-order valence-electron chi connectivity index (χ4n) is 1.53. The summed E-state index contributed by atoms with van der Waals surface area (Å²) in [5.74, 6) is 0.486. The van der Waals surface area contributed by atoms with Crippen LogP contribution in [-0.2, 0) is 7.05 Å². The lowest BCUT2D eigenvalue weighted by Gasteiger charge is -2.03. The SMILES string of the molecule is CC(C)Nc1nnc(SCC(=O)c2cccn2C)s1. The molecule has 0 amide bonds. The van der Waals surface area contributed by atoms with Crippen LogP contribution in [-0.4, -0.2) is 32.3 Å². The minimum absolute atomic E-state index is 0.103. The number of rotatable bonds is 6. The lowest BCUT2D eigenvalue weighted by molar-refractivity contribution is 0.101. The van der Waals surface area contributed by atoms with Gasteiger partial charge in [-0.15, -0.1) is 10.2 Å². The fraction of sp³-hybridized carbons (Fsp3) is 0.417. The van der Waals surface area contributed by atoms with E-state index in [4.69, 9.17) is 0 Å². The number of aromatic nitrogens is 3. The Kier molecular flexibility index (Phi) is 4.60. The van der Waals surface area contributed by atoms with E-state index in [1.54, 1.807) is 0 Å². The molecule has 0 spiro atoms. The van der Waals surface area contributed by atoms with Crippen molar-refractivity contribution in [3.8, 4) is 0 Å². The van der Waals surface area contributed by atoms with Gasteiger partial charge in [-0.05, 0) is 26.0 Å². The maximum absolute atomic E-state index is 12.0. The monoisotopic (exact) mass is 296 g/mol. The number of hydrogen-bond acceptors (Lipinski definition) is 6. The Bertz CT molecular complexity index is 562. The third kappa shape index (κ3) is 3.81. The van der Waals surface area contributed by atoms with E-state index in [9.17, 15) is 4.79 Å². The van der Waals surface area contributed by atoms with Crippen molar-refractivity contribution in [1.29, 1.82) is 0 Å². The zero-order chi connectivity index (χ0) is 13.8. The molecule has 0 radical (unpaired) electrons. The number of nitrogens with one attached hydrogen (secondary N) is 1. The lowest BCUT2D eigenvalue weighted by atomic mass is 10.3. The Balaban J connectivity index is 1.90. The lowest BCUT2D eigenvalue weighted by Crippen LogP contribution is -2.08. The van der Waals surface area contributed by atoms with Gasteiger partial charge < -0.3 is 9.88 Å². The largest absolute Gasteiger partial charge is 0.358 e. The first-order valence-electron chi connectivity index (χ1n) is 5.93. The zero-order valence-electron chi connectivity index (χ0n) is 11.1. The fourth-order valence-corrected chi connectivity index (χ4v) is 3.30. The second-order valence-electron chi connectivity index (χ2n) is 4.39. The van der Waals surface area contributed by atoms with Crippen LogP contribution in [0.15, 0.2) is 22.7 Å². The highest BCUT2D eigenvalue weighted by molar-refractivity contribution is 8.01. The third-order valence-electron chi connectivity index (χ3n) is 2.37. The molecule has 1 N–H and O–H groups in total. The Morgan fingerprint density at radius 3 is 2.95 bits per heavy atom. The van der Waals surface area contributed by atoms with Crippen molar-refractivity contribution in [2.24, 2.45) is 7.05 Å². The van der Waals surface area contributed by atoms with Gasteiger partial charge in [-0.3, -0.25) is 4.79 Å². The van der Waals surface area contributed by atoms with Gasteiger partial charge in [0.25, 0.3) is 0 Å². The highest BCUT2D eigenvalue weighted by Crippen LogP contribution is 2.26. The van der Waals surface area contributed by atoms with Crippen LogP contribution in [0.5, 0.6) is 0 Å². The van der Waals surface area contributed by atoms with Crippen LogP contribution in [0.25, 0.3) is 0 Å². The number of hydrogen-bond donors (Lipinski definition) is 1. The molecule has 0 unspecified atom stereocenters. The summed E-state index contributed by atoms with van der Waals surface area (Å²) in [6, 6.07) is 4.03. The molecule has 19 heavy (non-hydrogen) atoms. The van der Waals surface area contributed by atoms with Gasteiger partial charge in [0.15, 0.2) is 10.1 Å². The molecule has 2 aromatic rings. The highest BCUT2D eigenvalue weighted by Gasteiger charge is 2.12. The number of ketones is 1. The Morgan fingerprint density at radius 1 is 1.53 bits per heavy atom. The van der Waals surface area contributed by atoms with E-state index in [0.29, 0.717) is 11.8 Å². The van der Waals surface area contributed by atoms with Crippen LogP contribution < -0.4 is 5.32 Å². The van der Waals surface area contributed by atoms with Crippen LogP contribution in [0, 0.1) is 0 Å². The summed E-state index contributed by atoms with van der Waals surface area (Å²) >= 11 is 2.90. The number of aryl methyl sites for hydroxylation is 1. The van der Waals surface area contributed by atoms with E-state index < -0.39 is 0 Å². The average Bonchev–Trinajstić information content (AvgIpc) is 2.94. The van der Waals surface area contributed by atoms with Crippen molar-refractivity contribution < 1.29 is 4.79 Å². The average molecular weight is 296 g/mol.